The molecule has 1 aliphatic heterocycles. The van der Waals surface area contributed by atoms with Gasteiger partial charge in [0.15, 0.2) is 0 Å². The van der Waals surface area contributed by atoms with Gasteiger partial charge in [0.2, 0.25) is 11.8 Å². The number of likely N-dealkylation sites (tertiary alicyclic amines) is 1. The van der Waals surface area contributed by atoms with Crippen molar-refractivity contribution in [1.82, 2.24) is 15.1 Å². The lowest BCUT2D eigenvalue weighted by Crippen LogP contribution is -2.48. The van der Waals surface area contributed by atoms with Crippen LogP contribution in [0, 0.1) is 5.92 Å². The quantitative estimate of drug-likeness (QED) is 0.708. The van der Waals surface area contributed by atoms with E-state index in [9.17, 15) is 14.7 Å². The second-order valence-corrected chi connectivity index (χ2v) is 6.16. The summed E-state index contributed by atoms with van der Waals surface area (Å²) < 4.78 is 0. The standard InChI is InChI=1S/C14H25N3O3/c1-10-7-17(6-5-12(10)18)9-14(20)16(2)8-13(19)15-11-3-4-11/h10-12,18H,3-9H2,1-2H3,(H,15,19). The van der Waals surface area contributed by atoms with Crippen LogP contribution >= 0.6 is 0 Å². The van der Waals surface area contributed by atoms with E-state index >= 15 is 0 Å². The molecule has 1 aliphatic carbocycles. The molecule has 20 heavy (non-hydrogen) atoms. The zero-order valence-corrected chi connectivity index (χ0v) is 12.3. The molecule has 0 aromatic rings. The highest BCUT2D eigenvalue weighted by molar-refractivity contribution is 5.85. The molecule has 0 radical (unpaired) electrons. The zero-order chi connectivity index (χ0) is 14.7. The van der Waals surface area contributed by atoms with Crippen LogP contribution in [0.3, 0.4) is 0 Å². The highest BCUT2D eigenvalue weighted by atomic mass is 16.3. The van der Waals surface area contributed by atoms with E-state index in [1.54, 1.807) is 7.05 Å². The van der Waals surface area contributed by atoms with Gasteiger partial charge in [-0.2, -0.15) is 0 Å². The van der Waals surface area contributed by atoms with Crippen LogP contribution in [0.15, 0.2) is 0 Å². The van der Waals surface area contributed by atoms with Gasteiger partial charge in [0, 0.05) is 26.2 Å². The Labute approximate surface area is 120 Å². The molecule has 1 saturated carbocycles. The van der Waals surface area contributed by atoms with Crippen molar-refractivity contribution in [1.29, 1.82) is 0 Å². The van der Waals surface area contributed by atoms with Crippen molar-refractivity contribution >= 4 is 11.8 Å². The number of hydrogen-bond donors (Lipinski definition) is 2. The van der Waals surface area contributed by atoms with E-state index in [1.807, 2.05) is 6.92 Å². The molecule has 114 valence electrons. The molecular formula is C14H25N3O3. The average molecular weight is 283 g/mol. The third kappa shape index (κ3) is 4.45. The first-order valence-corrected chi connectivity index (χ1v) is 7.39. The van der Waals surface area contributed by atoms with Crippen LogP contribution in [0.5, 0.6) is 0 Å². The van der Waals surface area contributed by atoms with E-state index in [-0.39, 0.29) is 30.4 Å². The van der Waals surface area contributed by atoms with Crippen molar-refractivity contribution in [2.45, 2.75) is 38.3 Å². The van der Waals surface area contributed by atoms with Crippen molar-refractivity contribution in [2.75, 3.05) is 33.2 Å². The Kier molecular flexibility index (Phi) is 4.99. The number of hydrogen-bond acceptors (Lipinski definition) is 4. The maximum Gasteiger partial charge on any atom is 0.239 e. The Hall–Kier alpha value is -1.14. The fourth-order valence-corrected chi connectivity index (χ4v) is 2.48. The summed E-state index contributed by atoms with van der Waals surface area (Å²) in [6, 6.07) is 0.329. The van der Waals surface area contributed by atoms with Crippen molar-refractivity contribution in [3.8, 4) is 0 Å². The topological polar surface area (TPSA) is 72.9 Å². The predicted octanol–water partition coefficient (Wildman–Crippen LogP) is -0.574. The van der Waals surface area contributed by atoms with E-state index in [0.717, 1.165) is 25.9 Å². The first kappa shape index (κ1) is 15.3. The van der Waals surface area contributed by atoms with Crippen LogP contribution in [0.1, 0.15) is 26.2 Å². The number of carbonyl (C=O) groups is 2. The van der Waals surface area contributed by atoms with E-state index < -0.39 is 0 Å². The smallest absolute Gasteiger partial charge is 0.239 e. The van der Waals surface area contributed by atoms with Gasteiger partial charge in [-0.15, -0.1) is 0 Å². The van der Waals surface area contributed by atoms with Gasteiger partial charge in [-0.05, 0) is 25.2 Å². The Balaban J connectivity index is 1.71. The number of aliphatic hydroxyl groups excluding tert-OH is 1. The van der Waals surface area contributed by atoms with E-state index in [4.69, 9.17) is 0 Å². The SMILES string of the molecule is CC1CN(CC(=O)N(C)CC(=O)NC2CC2)CCC1O. The Morgan fingerprint density at radius 1 is 1.35 bits per heavy atom. The van der Waals surface area contributed by atoms with Gasteiger partial charge in [0.05, 0.1) is 19.2 Å². The second-order valence-electron chi connectivity index (χ2n) is 6.16. The first-order chi connectivity index (χ1) is 9.45. The van der Waals surface area contributed by atoms with Crippen LogP contribution in [0.25, 0.3) is 0 Å². The molecule has 0 bridgehead atoms. The number of aliphatic hydroxyl groups is 1. The van der Waals surface area contributed by atoms with Gasteiger partial charge >= 0.3 is 0 Å². The zero-order valence-electron chi connectivity index (χ0n) is 12.3. The van der Waals surface area contributed by atoms with Crippen LogP contribution < -0.4 is 5.32 Å². The van der Waals surface area contributed by atoms with Crippen molar-refractivity contribution < 1.29 is 14.7 Å². The monoisotopic (exact) mass is 283 g/mol. The van der Waals surface area contributed by atoms with Gasteiger partial charge in [0.1, 0.15) is 0 Å². The maximum atomic E-state index is 12.1. The molecular weight excluding hydrogens is 258 g/mol. The summed E-state index contributed by atoms with van der Waals surface area (Å²) in [7, 11) is 1.66. The summed E-state index contributed by atoms with van der Waals surface area (Å²) in [5.74, 6) is 0.0744. The van der Waals surface area contributed by atoms with Crippen LogP contribution in [0.2, 0.25) is 0 Å². The Morgan fingerprint density at radius 3 is 2.65 bits per heavy atom. The molecule has 2 rings (SSSR count). The lowest BCUT2D eigenvalue weighted by Gasteiger charge is -2.34. The van der Waals surface area contributed by atoms with Gasteiger partial charge in [-0.1, -0.05) is 6.92 Å². The normalized spacial score (nSPS) is 27.1. The molecule has 2 amide bonds. The second kappa shape index (κ2) is 6.54. The van der Waals surface area contributed by atoms with Crippen LogP contribution in [-0.4, -0.2) is 72.1 Å². The molecule has 0 aromatic heterocycles. The number of amides is 2. The molecule has 0 aromatic carbocycles. The minimum Gasteiger partial charge on any atom is -0.393 e. The first-order valence-electron chi connectivity index (χ1n) is 7.39. The molecule has 2 atom stereocenters. The fourth-order valence-electron chi connectivity index (χ4n) is 2.48. The number of nitrogens with zero attached hydrogens (tertiary/aromatic N) is 2. The third-order valence-corrected chi connectivity index (χ3v) is 4.05. The van der Waals surface area contributed by atoms with Gasteiger partial charge in [-0.25, -0.2) is 0 Å². The van der Waals surface area contributed by atoms with Crippen molar-refractivity contribution in [3.05, 3.63) is 0 Å². The van der Waals surface area contributed by atoms with Gasteiger partial charge in [0.25, 0.3) is 0 Å². The number of rotatable bonds is 5. The molecule has 2 unspecified atom stereocenters. The van der Waals surface area contributed by atoms with E-state index in [0.29, 0.717) is 19.0 Å². The average Bonchev–Trinajstić information content (AvgIpc) is 3.17. The summed E-state index contributed by atoms with van der Waals surface area (Å²) in [6.45, 7) is 3.91. The minimum atomic E-state index is -0.261. The predicted molar refractivity (Wildman–Crippen MR) is 75.0 cm³/mol. The minimum absolute atomic E-state index is 0.0421. The largest absolute Gasteiger partial charge is 0.393 e. The lowest BCUT2D eigenvalue weighted by atomic mass is 9.97. The number of nitrogens with one attached hydrogen (secondary N) is 1. The molecule has 2 N–H and O–H groups in total. The molecule has 2 fully saturated rings. The van der Waals surface area contributed by atoms with Gasteiger partial charge < -0.3 is 15.3 Å². The summed E-state index contributed by atoms with van der Waals surface area (Å²) in [5.41, 5.74) is 0. The van der Waals surface area contributed by atoms with E-state index in [1.165, 1.54) is 4.90 Å². The van der Waals surface area contributed by atoms with E-state index in [2.05, 4.69) is 10.2 Å². The van der Waals surface area contributed by atoms with Gasteiger partial charge in [-0.3, -0.25) is 14.5 Å². The summed E-state index contributed by atoms with van der Waals surface area (Å²) in [5, 5.41) is 12.5. The molecule has 1 heterocycles. The Morgan fingerprint density at radius 2 is 2.05 bits per heavy atom. The number of likely N-dealkylation sites (N-methyl/N-ethyl adjacent to an activating group) is 1. The molecule has 1 saturated heterocycles. The number of piperidine rings is 1. The highest BCUT2D eigenvalue weighted by Crippen LogP contribution is 2.18. The highest BCUT2D eigenvalue weighted by Gasteiger charge is 2.27. The fraction of sp³-hybridized carbons (Fsp3) is 0.857. The van der Waals surface area contributed by atoms with Crippen LogP contribution in [-0.2, 0) is 9.59 Å². The summed E-state index contributed by atoms with van der Waals surface area (Å²) in [4.78, 5) is 27.3. The summed E-state index contributed by atoms with van der Waals surface area (Å²) >= 11 is 0. The number of carbonyl (C=O) groups excluding carboxylic acids is 2. The van der Waals surface area contributed by atoms with Crippen LogP contribution in [0.4, 0.5) is 0 Å². The lowest BCUT2D eigenvalue weighted by molar-refractivity contribution is -0.136. The molecule has 2 aliphatic rings. The van der Waals surface area contributed by atoms with Crippen molar-refractivity contribution in [2.24, 2.45) is 5.92 Å². The van der Waals surface area contributed by atoms with Crippen molar-refractivity contribution in [3.63, 3.8) is 0 Å². The molecule has 6 nitrogen and oxygen atoms in total. The molecule has 6 heteroatoms. The third-order valence-electron chi connectivity index (χ3n) is 4.05. The maximum absolute atomic E-state index is 12.1. The summed E-state index contributed by atoms with van der Waals surface area (Å²) in [6.07, 6.45) is 2.55. The molecule has 0 spiro atoms. The Bertz CT molecular complexity index is 371.